The van der Waals surface area contributed by atoms with E-state index in [2.05, 4.69) is 21.4 Å². The van der Waals surface area contributed by atoms with Gasteiger partial charge in [0.15, 0.2) is 0 Å². The number of H-pyrrole nitrogens is 1. The summed E-state index contributed by atoms with van der Waals surface area (Å²) in [5, 5.41) is 4.71. The predicted molar refractivity (Wildman–Crippen MR) is 129 cm³/mol. The van der Waals surface area contributed by atoms with Gasteiger partial charge in [0.25, 0.3) is 5.56 Å². The Balaban J connectivity index is 1.27. The number of halogens is 1. The van der Waals surface area contributed by atoms with Crippen LogP contribution in [-0.2, 0) is 17.8 Å². The third-order valence-corrected chi connectivity index (χ3v) is 6.75. The van der Waals surface area contributed by atoms with Gasteiger partial charge in [-0.1, -0.05) is 41.9 Å². The summed E-state index contributed by atoms with van der Waals surface area (Å²) in [6.45, 7) is 0.425. The van der Waals surface area contributed by atoms with Crippen LogP contribution in [0.5, 0.6) is 0 Å². The van der Waals surface area contributed by atoms with Crippen molar-refractivity contribution in [2.45, 2.75) is 13.0 Å². The molecule has 0 bridgehead atoms. The van der Waals surface area contributed by atoms with Crippen LogP contribution >= 0.6 is 22.9 Å². The number of aromatic amines is 1. The SMILES string of the molecule is O=C(Cn1cnc2cc(-c3ccc(Cl)cc3)sc2c1=O)NCCc1c[nH]c2ccccc12. The van der Waals surface area contributed by atoms with Crippen molar-refractivity contribution < 1.29 is 4.79 Å². The Kier molecular flexibility index (Phi) is 5.51. The second-order valence-electron chi connectivity index (χ2n) is 7.47. The van der Waals surface area contributed by atoms with Gasteiger partial charge in [0, 0.05) is 33.5 Å². The van der Waals surface area contributed by atoms with Crippen molar-refractivity contribution in [1.82, 2.24) is 19.9 Å². The predicted octanol–water partition coefficient (Wildman–Crippen LogP) is 4.62. The molecule has 3 aromatic heterocycles. The molecular formula is C24H19ClN4O2S. The monoisotopic (exact) mass is 462 g/mol. The zero-order chi connectivity index (χ0) is 22.1. The first-order valence-electron chi connectivity index (χ1n) is 10.1. The van der Waals surface area contributed by atoms with Crippen LogP contribution in [0, 0.1) is 0 Å². The Morgan fingerprint density at radius 1 is 1.16 bits per heavy atom. The van der Waals surface area contributed by atoms with Gasteiger partial charge in [-0.25, -0.2) is 4.98 Å². The number of fused-ring (bicyclic) bond motifs is 2. The highest BCUT2D eigenvalue weighted by Gasteiger charge is 2.13. The second-order valence-corrected chi connectivity index (χ2v) is 8.96. The standard InChI is InChI=1S/C24H19ClN4O2S/c25-17-7-5-15(6-8-17)21-11-20-23(32-21)24(31)29(14-28-20)13-22(30)26-10-9-16-12-27-19-4-2-1-3-18(16)19/h1-8,11-12,14,27H,9-10,13H2,(H,26,30). The fraction of sp³-hybridized carbons (Fsp3) is 0.125. The highest BCUT2D eigenvalue weighted by atomic mass is 35.5. The Morgan fingerprint density at radius 2 is 1.97 bits per heavy atom. The number of amides is 1. The minimum atomic E-state index is -0.220. The molecule has 0 saturated carbocycles. The van der Waals surface area contributed by atoms with Crippen LogP contribution in [0.2, 0.25) is 5.02 Å². The first-order valence-corrected chi connectivity index (χ1v) is 11.3. The molecule has 0 radical (unpaired) electrons. The van der Waals surface area contributed by atoms with Gasteiger partial charge in [-0.2, -0.15) is 0 Å². The summed E-state index contributed by atoms with van der Waals surface area (Å²) < 4.78 is 1.88. The summed E-state index contributed by atoms with van der Waals surface area (Å²) in [5.41, 5.74) is 3.61. The Hall–Kier alpha value is -3.42. The van der Waals surface area contributed by atoms with Crippen LogP contribution in [0.15, 0.2) is 71.9 Å². The quantitative estimate of drug-likeness (QED) is 0.386. The van der Waals surface area contributed by atoms with Gasteiger partial charge in [-0.05, 0) is 41.8 Å². The van der Waals surface area contributed by atoms with Gasteiger partial charge in [0.1, 0.15) is 11.2 Å². The molecule has 160 valence electrons. The second kappa shape index (κ2) is 8.61. The molecule has 0 saturated heterocycles. The van der Waals surface area contributed by atoms with Crippen molar-refractivity contribution in [3.63, 3.8) is 0 Å². The molecule has 3 heterocycles. The maximum atomic E-state index is 12.9. The number of benzene rings is 2. The summed E-state index contributed by atoms with van der Waals surface area (Å²) in [5.74, 6) is -0.220. The molecule has 0 atom stereocenters. The largest absolute Gasteiger partial charge is 0.361 e. The molecule has 2 N–H and O–H groups in total. The van der Waals surface area contributed by atoms with E-state index in [1.165, 1.54) is 22.2 Å². The normalized spacial score (nSPS) is 11.3. The summed E-state index contributed by atoms with van der Waals surface area (Å²) in [6, 6.07) is 17.4. The zero-order valence-electron chi connectivity index (χ0n) is 17.0. The van der Waals surface area contributed by atoms with E-state index in [1.807, 2.05) is 54.7 Å². The lowest BCUT2D eigenvalue weighted by molar-refractivity contribution is -0.121. The topological polar surface area (TPSA) is 79.8 Å². The number of carbonyl (C=O) groups is 1. The van der Waals surface area contributed by atoms with Crippen molar-refractivity contribution in [3.8, 4) is 10.4 Å². The van der Waals surface area contributed by atoms with Gasteiger partial charge in [-0.15, -0.1) is 11.3 Å². The molecule has 0 aliphatic rings. The molecule has 0 aliphatic heterocycles. The summed E-state index contributed by atoms with van der Waals surface area (Å²) in [7, 11) is 0. The molecule has 0 fully saturated rings. The average Bonchev–Trinajstić information content (AvgIpc) is 3.41. The summed E-state index contributed by atoms with van der Waals surface area (Å²) in [4.78, 5) is 33.9. The number of aromatic nitrogens is 3. The lowest BCUT2D eigenvalue weighted by Crippen LogP contribution is -2.33. The van der Waals surface area contributed by atoms with Crippen LogP contribution in [0.1, 0.15) is 5.56 Å². The van der Waals surface area contributed by atoms with E-state index in [0.717, 1.165) is 26.9 Å². The number of thiophene rings is 1. The molecule has 6 nitrogen and oxygen atoms in total. The van der Waals surface area contributed by atoms with Gasteiger partial charge < -0.3 is 10.3 Å². The van der Waals surface area contributed by atoms with E-state index >= 15 is 0 Å². The number of nitrogens with one attached hydrogen (secondary N) is 2. The number of rotatable bonds is 6. The van der Waals surface area contributed by atoms with Crippen molar-refractivity contribution in [2.75, 3.05) is 6.54 Å². The van der Waals surface area contributed by atoms with E-state index in [9.17, 15) is 9.59 Å². The van der Waals surface area contributed by atoms with Gasteiger partial charge in [-0.3, -0.25) is 14.2 Å². The number of hydrogen-bond donors (Lipinski definition) is 2. The smallest absolute Gasteiger partial charge is 0.271 e. The van der Waals surface area contributed by atoms with Crippen LogP contribution < -0.4 is 10.9 Å². The third-order valence-electron chi connectivity index (χ3n) is 5.34. The molecule has 8 heteroatoms. The Morgan fingerprint density at radius 3 is 2.81 bits per heavy atom. The first kappa shape index (κ1) is 20.5. The van der Waals surface area contributed by atoms with E-state index in [4.69, 9.17) is 11.6 Å². The molecule has 1 amide bonds. The minimum Gasteiger partial charge on any atom is -0.361 e. The van der Waals surface area contributed by atoms with Crippen LogP contribution in [0.4, 0.5) is 0 Å². The summed E-state index contributed by atoms with van der Waals surface area (Å²) in [6.07, 6.45) is 4.10. The van der Waals surface area contributed by atoms with Crippen molar-refractivity contribution in [2.24, 2.45) is 0 Å². The molecule has 2 aromatic carbocycles. The number of hydrogen-bond acceptors (Lipinski definition) is 4. The van der Waals surface area contributed by atoms with E-state index < -0.39 is 0 Å². The van der Waals surface area contributed by atoms with Crippen LogP contribution in [0.25, 0.3) is 31.6 Å². The maximum absolute atomic E-state index is 12.9. The third kappa shape index (κ3) is 4.04. The Bertz CT molecular complexity index is 1480. The lowest BCUT2D eigenvalue weighted by Gasteiger charge is -2.07. The highest BCUT2D eigenvalue weighted by Crippen LogP contribution is 2.31. The molecule has 5 rings (SSSR count). The van der Waals surface area contributed by atoms with Gasteiger partial charge >= 0.3 is 0 Å². The van der Waals surface area contributed by atoms with E-state index in [-0.39, 0.29) is 18.0 Å². The number of para-hydroxylation sites is 1. The van der Waals surface area contributed by atoms with E-state index in [0.29, 0.717) is 28.2 Å². The molecule has 5 aromatic rings. The van der Waals surface area contributed by atoms with Crippen LogP contribution in [0.3, 0.4) is 0 Å². The van der Waals surface area contributed by atoms with Crippen molar-refractivity contribution in [3.05, 3.63) is 88.1 Å². The molecule has 0 aliphatic carbocycles. The lowest BCUT2D eigenvalue weighted by atomic mass is 10.1. The molecule has 32 heavy (non-hydrogen) atoms. The fourth-order valence-corrected chi connectivity index (χ4v) is 4.89. The minimum absolute atomic E-state index is 0.0656. The maximum Gasteiger partial charge on any atom is 0.271 e. The first-order chi connectivity index (χ1) is 15.6. The zero-order valence-corrected chi connectivity index (χ0v) is 18.5. The Labute approximate surface area is 192 Å². The van der Waals surface area contributed by atoms with E-state index in [1.54, 1.807) is 0 Å². The number of carbonyl (C=O) groups excluding carboxylic acids is 1. The molecule has 0 unspecified atom stereocenters. The summed E-state index contributed by atoms with van der Waals surface area (Å²) >= 11 is 7.33. The molecular weight excluding hydrogens is 444 g/mol. The van der Waals surface area contributed by atoms with Crippen LogP contribution in [-0.4, -0.2) is 27.0 Å². The van der Waals surface area contributed by atoms with Crippen molar-refractivity contribution >= 4 is 50.0 Å². The molecule has 0 spiro atoms. The fourth-order valence-electron chi connectivity index (χ4n) is 3.70. The van der Waals surface area contributed by atoms with Crippen molar-refractivity contribution in [1.29, 1.82) is 0 Å². The van der Waals surface area contributed by atoms with Gasteiger partial charge in [0.2, 0.25) is 5.91 Å². The highest BCUT2D eigenvalue weighted by molar-refractivity contribution is 7.22. The van der Waals surface area contributed by atoms with Gasteiger partial charge in [0.05, 0.1) is 11.8 Å². The average molecular weight is 463 g/mol. The number of nitrogens with zero attached hydrogens (tertiary/aromatic N) is 2.